The van der Waals surface area contributed by atoms with Crippen molar-refractivity contribution in [3.05, 3.63) is 57.6 Å². The van der Waals surface area contributed by atoms with Crippen molar-refractivity contribution in [3.63, 3.8) is 0 Å². The van der Waals surface area contributed by atoms with E-state index in [9.17, 15) is 5.11 Å². The predicted octanol–water partition coefficient (Wildman–Crippen LogP) is 4.26. The van der Waals surface area contributed by atoms with E-state index >= 15 is 0 Å². The molecule has 0 saturated carbocycles. The molecule has 0 unspecified atom stereocenters. The first kappa shape index (κ1) is 12.5. The second-order valence-corrected chi connectivity index (χ2v) is 5.83. The Morgan fingerprint density at radius 1 is 1.05 bits per heavy atom. The summed E-state index contributed by atoms with van der Waals surface area (Å²) in [5.74, 6) is 0.279. The minimum Gasteiger partial charge on any atom is -0.507 e. The van der Waals surface area contributed by atoms with Gasteiger partial charge in [0.15, 0.2) is 0 Å². The largest absolute Gasteiger partial charge is 0.507 e. The maximum Gasteiger partial charge on any atom is 0.129 e. The van der Waals surface area contributed by atoms with Gasteiger partial charge < -0.3 is 10.4 Å². The minimum atomic E-state index is 0.279. The van der Waals surface area contributed by atoms with Crippen LogP contribution in [0.4, 0.5) is 5.69 Å². The summed E-state index contributed by atoms with van der Waals surface area (Å²) in [4.78, 5) is 0. The van der Waals surface area contributed by atoms with Crippen LogP contribution in [0.2, 0.25) is 0 Å². The number of hydrogen-bond acceptors (Lipinski definition) is 2. The molecule has 2 N–H and O–H groups in total. The maximum atomic E-state index is 9.47. The van der Waals surface area contributed by atoms with Gasteiger partial charge in [-0.05, 0) is 76.1 Å². The highest BCUT2D eigenvalue weighted by atomic mass is 79.9. The van der Waals surface area contributed by atoms with Crippen molar-refractivity contribution >= 4 is 21.6 Å². The first-order valence-electron chi connectivity index (χ1n) is 6.55. The van der Waals surface area contributed by atoms with E-state index in [1.54, 1.807) is 6.07 Å². The number of fused-ring (bicyclic) bond motifs is 1. The summed E-state index contributed by atoms with van der Waals surface area (Å²) in [6.45, 7) is 0.762. The van der Waals surface area contributed by atoms with Gasteiger partial charge in [0, 0.05) is 12.2 Å². The zero-order valence-corrected chi connectivity index (χ0v) is 12.2. The molecular formula is C16H16BrNO. The Balaban J connectivity index is 1.70. The van der Waals surface area contributed by atoms with Gasteiger partial charge in [-0.25, -0.2) is 0 Å². The van der Waals surface area contributed by atoms with Crippen LogP contribution in [0, 0.1) is 0 Å². The molecule has 0 amide bonds. The first-order valence-corrected chi connectivity index (χ1v) is 7.35. The molecule has 1 aliphatic carbocycles. The zero-order valence-electron chi connectivity index (χ0n) is 10.6. The van der Waals surface area contributed by atoms with Crippen LogP contribution in [0.15, 0.2) is 40.9 Å². The topological polar surface area (TPSA) is 32.3 Å². The Labute approximate surface area is 121 Å². The third-order valence-electron chi connectivity index (χ3n) is 3.61. The molecule has 1 aliphatic rings. The van der Waals surface area contributed by atoms with Gasteiger partial charge in [0.05, 0.1) is 4.47 Å². The van der Waals surface area contributed by atoms with E-state index < -0.39 is 0 Å². The average Bonchev–Trinajstić information content (AvgIpc) is 2.87. The first-order chi connectivity index (χ1) is 9.22. The fourth-order valence-corrected chi connectivity index (χ4v) is 2.97. The van der Waals surface area contributed by atoms with E-state index in [2.05, 4.69) is 39.4 Å². The standard InChI is InChI=1S/C16H16BrNO/c17-15-8-11(4-7-16(15)19)10-18-14-6-5-12-2-1-3-13(12)9-14/h4-9,18-19H,1-3,10H2. The molecule has 0 bridgehead atoms. The molecule has 0 saturated heterocycles. The van der Waals surface area contributed by atoms with E-state index in [1.165, 1.54) is 36.1 Å². The molecular weight excluding hydrogens is 302 g/mol. The van der Waals surface area contributed by atoms with Crippen molar-refractivity contribution in [2.75, 3.05) is 5.32 Å². The second-order valence-electron chi connectivity index (χ2n) is 4.98. The Morgan fingerprint density at radius 2 is 1.89 bits per heavy atom. The van der Waals surface area contributed by atoms with E-state index in [0.717, 1.165) is 16.6 Å². The van der Waals surface area contributed by atoms with Crippen LogP contribution in [-0.4, -0.2) is 5.11 Å². The maximum absolute atomic E-state index is 9.47. The summed E-state index contributed by atoms with van der Waals surface area (Å²) in [5, 5.41) is 12.9. The van der Waals surface area contributed by atoms with E-state index in [-0.39, 0.29) is 5.75 Å². The summed E-state index contributed by atoms with van der Waals surface area (Å²) in [6, 6.07) is 12.2. The summed E-state index contributed by atoms with van der Waals surface area (Å²) >= 11 is 3.34. The zero-order chi connectivity index (χ0) is 13.2. The lowest BCUT2D eigenvalue weighted by molar-refractivity contribution is 0.471. The molecule has 0 radical (unpaired) electrons. The molecule has 3 rings (SSSR count). The van der Waals surface area contributed by atoms with Crippen LogP contribution in [0.25, 0.3) is 0 Å². The Morgan fingerprint density at radius 3 is 2.74 bits per heavy atom. The van der Waals surface area contributed by atoms with Gasteiger partial charge in [-0.1, -0.05) is 12.1 Å². The second kappa shape index (κ2) is 5.25. The highest BCUT2D eigenvalue weighted by Gasteiger charge is 2.10. The number of nitrogens with one attached hydrogen (secondary N) is 1. The Bertz CT molecular complexity index is 610. The van der Waals surface area contributed by atoms with E-state index in [0.29, 0.717) is 0 Å². The molecule has 0 aromatic heterocycles. The number of phenols is 1. The summed E-state index contributed by atoms with van der Waals surface area (Å²) in [6.07, 6.45) is 3.71. The number of anilines is 1. The van der Waals surface area contributed by atoms with Crippen molar-refractivity contribution < 1.29 is 5.11 Å². The van der Waals surface area contributed by atoms with Crippen LogP contribution < -0.4 is 5.32 Å². The van der Waals surface area contributed by atoms with Gasteiger partial charge in [-0.2, -0.15) is 0 Å². The fourth-order valence-electron chi connectivity index (χ4n) is 2.55. The molecule has 0 atom stereocenters. The number of halogens is 1. The van der Waals surface area contributed by atoms with Crippen LogP contribution in [0.3, 0.4) is 0 Å². The van der Waals surface area contributed by atoms with Gasteiger partial charge >= 0.3 is 0 Å². The summed E-state index contributed by atoms with van der Waals surface area (Å²) < 4.78 is 0.737. The van der Waals surface area contributed by atoms with Crippen molar-refractivity contribution in [1.29, 1.82) is 0 Å². The molecule has 19 heavy (non-hydrogen) atoms. The Kier molecular flexibility index (Phi) is 3.47. The fraction of sp³-hybridized carbons (Fsp3) is 0.250. The number of aryl methyl sites for hydroxylation is 2. The van der Waals surface area contributed by atoms with Crippen molar-refractivity contribution in [3.8, 4) is 5.75 Å². The van der Waals surface area contributed by atoms with Gasteiger partial charge in [0.1, 0.15) is 5.75 Å². The number of benzene rings is 2. The van der Waals surface area contributed by atoms with Gasteiger partial charge in [0.2, 0.25) is 0 Å². The number of rotatable bonds is 3. The molecule has 2 aromatic rings. The number of hydrogen-bond donors (Lipinski definition) is 2. The molecule has 0 aliphatic heterocycles. The van der Waals surface area contributed by atoms with Crippen molar-refractivity contribution in [2.24, 2.45) is 0 Å². The lowest BCUT2D eigenvalue weighted by Crippen LogP contribution is -2.00. The Hall–Kier alpha value is -1.48. The van der Waals surface area contributed by atoms with Crippen LogP contribution in [-0.2, 0) is 19.4 Å². The van der Waals surface area contributed by atoms with Crippen LogP contribution >= 0.6 is 15.9 Å². The normalized spacial score (nSPS) is 13.3. The quantitative estimate of drug-likeness (QED) is 0.886. The van der Waals surface area contributed by atoms with Gasteiger partial charge in [-0.3, -0.25) is 0 Å². The van der Waals surface area contributed by atoms with E-state index in [1.807, 2.05) is 12.1 Å². The summed E-state index contributed by atoms with van der Waals surface area (Å²) in [5.41, 5.74) is 5.30. The number of aromatic hydroxyl groups is 1. The predicted molar refractivity (Wildman–Crippen MR) is 81.6 cm³/mol. The van der Waals surface area contributed by atoms with Crippen LogP contribution in [0.5, 0.6) is 5.75 Å². The lowest BCUT2D eigenvalue weighted by atomic mass is 10.1. The highest BCUT2D eigenvalue weighted by molar-refractivity contribution is 9.10. The lowest BCUT2D eigenvalue weighted by Gasteiger charge is -2.09. The molecule has 98 valence electrons. The third kappa shape index (κ3) is 2.76. The SMILES string of the molecule is Oc1ccc(CNc2ccc3c(c2)CCC3)cc1Br. The van der Waals surface area contributed by atoms with Gasteiger partial charge in [-0.15, -0.1) is 0 Å². The molecule has 2 nitrogen and oxygen atoms in total. The molecule has 0 fully saturated rings. The highest BCUT2D eigenvalue weighted by Crippen LogP contribution is 2.26. The summed E-state index contributed by atoms with van der Waals surface area (Å²) in [7, 11) is 0. The monoisotopic (exact) mass is 317 g/mol. The molecule has 3 heteroatoms. The third-order valence-corrected chi connectivity index (χ3v) is 4.24. The smallest absolute Gasteiger partial charge is 0.129 e. The van der Waals surface area contributed by atoms with Crippen molar-refractivity contribution in [1.82, 2.24) is 0 Å². The average molecular weight is 318 g/mol. The van der Waals surface area contributed by atoms with Gasteiger partial charge in [0.25, 0.3) is 0 Å². The van der Waals surface area contributed by atoms with Crippen LogP contribution in [0.1, 0.15) is 23.1 Å². The molecule has 0 spiro atoms. The van der Waals surface area contributed by atoms with E-state index in [4.69, 9.17) is 0 Å². The van der Waals surface area contributed by atoms with Crippen molar-refractivity contribution in [2.45, 2.75) is 25.8 Å². The molecule has 0 heterocycles. The molecule has 2 aromatic carbocycles. The minimum absolute atomic E-state index is 0.279. The number of phenolic OH excluding ortho intramolecular Hbond substituents is 1.